The first-order valence-electron chi connectivity index (χ1n) is 5.70. The average Bonchev–Trinajstić information content (AvgIpc) is 2.63. The van der Waals surface area contributed by atoms with Crippen LogP contribution in [0.15, 0.2) is 35.1 Å². The highest BCUT2D eigenvalue weighted by molar-refractivity contribution is 5.39. The van der Waals surface area contributed by atoms with Gasteiger partial charge in [-0.3, -0.25) is 14.6 Å². The number of benzene rings is 1. The van der Waals surface area contributed by atoms with E-state index in [1.54, 1.807) is 6.07 Å². The van der Waals surface area contributed by atoms with Gasteiger partial charge in [-0.15, -0.1) is 0 Å². The Morgan fingerprint density at radius 1 is 1.29 bits per heavy atom. The summed E-state index contributed by atoms with van der Waals surface area (Å²) in [6.07, 6.45) is 0. The van der Waals surface area contributed by atoms with Gasteiger partial charge in [0.25, 0.3) is 5.56 Å². The fourth-order valence-electron chi connectivity index (χ4n) is 1.86. The van der Waals surface area contributed by atoms with Gasteiger partial charge in [-0.1, -0.05) is 26.0 Å². The van der Waals surface area contributed by atoms with Gasteiger partial charge in [-0.2, -0.15) is 0 Å². The van der Waals surface area contributed by atoms with Crippen LogP contribution in [0.1, 0.15) is 31.0 Å². The summed E-state index contributed by atoms with van der Waals surface area (Å²) >= 11 is 0. The lowest BCUT2D eigenvalue weighted by Crippen LogP contribution is -2.09. The predicted molar refractivity (Wildman–Crippen MR) is 69.1 cm³/mol. The van der Waals surface area contributed by atoms with Gasteiger partial charge in [0.05, 0.1) is 6.54 Å². The van der Waals surface area contributed by atoms with E-state index in [0.717, 1.165) is 16.9 Å². The van der Waals surface area contributed by atoms with Crippen LogP contribution in [-0.4, -0.2) is 9.78 Å². The molecule has 3 N–H and O–H groups in total. The Morgan fingerprint density at radius 3 is 2.53 bits per heavy atom. The molecule has 1 heterocycles. The fourth-order valence-corrected chi connectivity index (χ4v) is 1.86. The van der Waals surface area contributed by atoms with Crippen molar-refractivity contribution < 1.29 is 0 Å². The standard InChI is InChI=1S/C13H17N3O/c1-9(2)12-7-13(17)15-16(12)8-10-3-5-11(14)6-4-10/h3-7,9H,8,14H2,1-2H3,(H,15,17). The number of rotatable bonds is 3. The maximum Gasteiger partial charge on any atom is 0.264 e. The second-order valence-corrected chi connectivity index (χ2v) is 4.53. The lowest BCUT2D eigenvalue weighted by Gasteiger charge is -2.11. The highest BCUT2D eigenvalue weighted by Gasteiger charge is 2.08. The normalized spacial score (nSPS) is 11.0. The van der Waals surface area contributed by atoms with Gasteiger partial charge in [0, 0.05) is 17.4 Å². The quantitative estimate of drug-likeness (QED) is 0.793. The molecule has 2 aromatic rings. The van der Waals surface area contributed by atoms with Crippen molar-refractivity contribution in [3.05, 3.63) is 51.9 Å². The molecule has 0 atom stereocenters. The molecule has 0 bridgehead atoms. The Bertz CT molecular complexity index is 549. The van der Waals surface area contributed by atoms with Crippen molar-refractivity contribution in [3.63, 3.8) is 0 Å². The van der Waals surface area contributed by atoms with E-state index >= 15 is 0 Å². The van der Waals surface area contributed by atoms with Crippen LogP contribution in [0, 0.1) is 0 Å². The van der Waals surface area contributed by atoms with E-state index in [0.29, 0.717) is 12.5 Å². The molecule has 0 aliphatic heterocycles. The summed E-state index contributed by atoms with van der Waals surface area (Å²) in [6, 6.07) is 9.33. The number of aromatic nitrogens is 2. The zero-order valence-corrected chi connectivity index (χ0v) is 10.1. The van der Waals surface area contributed by atoms with Crippen molar-refractivity contribution in [2.75, 3.05) is 5.73 Å². The topological polar surface area (TPSA) is 63.8 Å². The molecule has 0 fully saturated rings. The Morgan fingerprint density at radius 2 is 1.94 bits per heavy atom. The smallest absolute Gasteiger partial charge is 0.264 e. The number of nitrogens with two attached hydrogens (primary N) is 1. The summed E-state index contributed by atoms with van der Waals surface area (Å²) in [7, 11) is 0. The van der Waals surface area contributed by atoms with Crippen LogP contribution < -0.4 is 11.3 Å². The van der Waals surface area contributed by atoms with Crippen molar-refractivity contribution >= 4 is 5.69 Å². The number of nitrogens with zero attached hydrogens (tertiary/aromatic N) is 1. The molecule has 90 valence electrons. The molecule has 4 heteroatoms. The largest absolute Gasteiger partial charge is 0.399 e. The number of aromatic amines is 1. The number of hydrogen-bond acceptors (Lipinski definition) is 2. The van der Waals surface area contributed by atoms with Crippen LogP contribution in [0.25, 0.3) is 0 Å². The van der Waals surface area contributed by atoms with E-state index in [2.05, 4.69) is 18.9 Å². The molecule has 0 saturated heterocycles. The van der Waals surface area contributed by atoms with Crippen molar-refractivity contribution in [2.24, 2.45) is 0 Å². The minimum absolute atomic E-state index is 0.0517. The molecule has 0 amide bonds. The average molecular weight is 231 g/mol. The highest BCUT2D eigenvalue weighted by atomic mass is 16.1. The number of nitrogens with one attached hydrogen (secondary N) is 1. The van der Waals surface area contributed by atoms with Gasteiger partial charge < -0.3 is 5.73 Å². The van der Waals surface area contributed by atoms with Crippen LogP contribution in [0.2, 0.25) is 0 Å². The third kappa shape index (κ3) is 2.58. The minimum Gasteiger partial charge on any atom is -0.399 e. The van der Waals surface area contributed by atoms with Crippen LogP contribution in [0.5, 0.6) is 0 Å². The van der Waals surface area contributed by atoms with Gasteiger partial charge in [0.1, 0.15) is 0 Å². The summed E-state index contributed by atoms with van der Waals surface area (Å²) in [5, 5.41) is 2.82. The molecular weight excluding hydrogens is 214 g/mol. The van der Waals surface area contributed by atoms with Gasteiger partial charge in [0.15, 0.2) is 0 Å². The molecule has 1 aromatic heterocycles. The van der Waals surface area contributed by atoms with Crippen LogP contribution in [-0.2, 0) is 6.54 Å². The number of nitrogen functional groups attached to an aromatic ring is 1. The first-order valence-corrected chi connectivity index (χ1v) is 5.70. The Hall–Kier alpha value is -1.97. The highest BCUT2D eigenvalue weighted by Crippen LogP contribution is 2.14. The Labute approximate surface area is 100 Å². The van der Waals surface area contributed by atoms with E-state index in [1.807, 2.05) is 28.9 Å². The summed E-state index contributed by atoms with van der Waals surface area (Å²) < 4.78 is 1.89. The van der Waals surface area contributed by atoms with Crippen molar-refractivity contribution in [1.82, 2.24) is 9.78 Å². The molecule has 0 aliphatic rings. The molecule has 4 nitrogen and oxygen atoms in total. The number of hydrogen-bond donors (Lipinski definition) is 2. The van der Waals surface area contributed by atoms with Crippen molar-refractivity contribution in [2.45, 2.75) is 26.3 Å². The third-order valence-corrected chi connectivity index (χ3v) is 2.75. The first-order chi connectivity index (χ1) is 8.06. The lowest BCUT2D eigenvalue weighted by atomic mass is 10.1. The number of anilines is 1. The van der Waals surface area contributed by atoms with Gasteiger partial charge in [0.2, 0.25) is 0 Å². The fraction of sp³-hybridized carbons (Fsp3) is 0.308. The molecule has 0 spiro atoms. The van der Waals surface area contributed by atoms with E-state index in [4.69, 9.17) is 5.73 Å². The molecule has 1 aromatic carbocycles. The van der Waals surface area contributed by atoms with Crippen LogP contribution in [0.4, 0.5) is 5.69 Å². The molecule has 0 radical (unpaired) electrons. The van der Waals surface area contributed by atoms with Gasteiger partial charge in [-0.05, 0) is 23.6 Å². The monoisotopic (exact) mass is 231 g/mol. The lowest BCUT2D eigenvalue weighted by molar-refractivity contribution is 0.614. The van der Waals surface area contributed by atoms with E-state index in [-0.39, 0.29) is 5.56 Å². The van der Waals surface area contributed by atoms with Gasteiger partial charge in [-0.25, -0.2) is 0 Å². The summed E-state index contributed by atoms with van der Waals surface area (Å²) in [5.74, 6) is 0.322. The zero-order valence-electron chi connectivity index (χ0n) is 10.1. The minimum atomic E-state index is -0.0517. The van der Waals surface area contributed by atoms with Gasteiger partial charge >= 0.3 is 0 Å². The Kier molecular flexibility index (Phi) is 3.04. The Balaban J connectivity index is 2.29. The number of H-pyrrole nitrogens is 1. The van der Waals surface area contributed by atoms with Crippen molar-refractivity contribution in [3.8, 4) is 0 Å². The second kappa shape index (κ2) is 4.49. The van der Waals surface area contributed by atoms with E-state index in [1.165, 1.54) is 0 Å². The second-order valence-electron chi connectivity index (χ2n) is 4.53. The molecule has 0 saturated carbocycles. The van der Waals surface area contributed by atoms with Crippen LogP contribution in [0.3, 0.4) is 0 Å². The summed E-state index contributed by atoms with van der Waals surface area (Å²) in [5.41, 5.74) is 8.47. The molecule has 2 rings (SSSR count). The van der Waals surface area contributed by atoms with E-state index < -0.39 is 0 Å². The van der Waals surface area contributed by atoms with Crippen LogP contribution >= 0.6 is 0 Å². The summed E-state index contributed by atoms with van der Waals surface area (Å²) in [4.78, 5) is 11.4. The molecule has 0 unspecified atom stereocenters. The maximum atomic E-state index is 11.4. The third-order valence-electron chi connectivity index (χ3n) is 2.75. The SMILES string of the molecule is CC(C)c1cc(=O)[nH]n1Cc1ccc(N)cc1. The molecular formula is C13H17N3O. The summed E-state index contributed by atoms with van der Waals surface area (Å²) in [6.45, 7) is 4.81. The zero-order chi connectivity index (χ0) is 12.4. The predicted octanol–water partition coefficient (Wildman–Crippen LogP) is 1.93. The van der Waals surface area contributed by atoms with E-state index in [9.17, 15) is 4.79 Å². The first kappa shape index (κ1) is 11.5. The molecule has 17 heavy (non-hydrogen) atoms. The maximum absolute atomic E-state index is 11.4. The van der Waals surface area contributed by atoms with Crippen molar-refractivity contribution in [1.29, 1.82) is 0 Å². The molecule has 0 aliphatic carbocycles.